The van der Waals surface area contributed by atoms with Gasteiger partial charge in [0.15, 0.2) is 0 Å². The number of halogens is 1. The fourth-order valence-electron chi connectivity index (χ4n) is 0.949. The number of hydrogen-bond donors (Lipinski definition) is 1. The molecule has 4 heteroatoms. The Hall–Kier alpha value is -0.540. The van der Waals surface area contributed by atoms with Crippen LogP contribution in [0.15, 0.2) is 12.7 Å². The molecule has 0 aromatic carbocycles. The Morgan fingerprint density at radius 1 is 1.43 bits per heavy atom. The zero-order chi connectivity index (χ0) is 11.4. The van der Waals surface area contributed by atoms with Crippen molar-refractivity contribution in [2.24, 2.45) is 0 Å². The van der Waals surface area contributed by atoms with E-state index in [1.54, 1.807) is 0 Å². The molecule has 0 radical (unpaired) electrons. The van der Waals surface area contributed by atoms with Crippen molar-refractivity contribution in [2.75, 3.05) is 32.6 Å². The van der Waals surface area contributed by atoms with Crippen molar-refractivity contribution in [3.63, 3.8) is 0 Å². The Morgan fingerprint density at radius 2 is 1.93 bits per heavy atom. The average Bonchev–Trinajstić information content (AvgIpc) is 2.27. The molecule has 0 saturated heterocycles. The van der Waals surface area contributed by atoms with Gasteiger partial charge in [0.1, 0.15) is 0 Å². The summed E-state index contributed by atoms with van der Waals surface area (Å²) in [5.74, 6) is -0.0952. The van der Waals surface area contributed by atoms with Gasteiger partial charge in [-0.15, -0.1) is 11.6 Å². The highest BCUT2D eigenvalue weighted by molar-refractivity contribution is 6.15. The van der Waals surface area contributed by atoms with Crippen molar-refractivity contribution >= 4 is 17.5 Å². The number of likely N-dealkylation sites (N-methyl/N-ethyl adjacent to an activating group) is 1. The van der Waals surface area contributed by atoms with Crippen LogP contribution in [-0.2, 0) is 4.79 Å². The molecule has 0 heterocycles. The smallest absolute Gasteiger partial charge is 0.243 e. The first kappa shape index (κ1) is 15.9. The third-order valence-electron chi connectivity index (χ3n) is 1.81. The summed E-state index contributed by atoms with van der Waals surface area (Å²) in [5.41, 5.74) is 0. The molecule has 0 aliphatic rings. The van der Waals surface area contributed by atoms with E-state index < -0.39 is 0 Å². The minimum atomic E-state index is -0.0952. The summed E-state index contributed by atoms with van der Waals surface area (Å²) in [5, 5.41) is 2.73. The summed E-state index contributed by atoms with van der Waals surface area (Å²) < 4.78 is 0. The van der Waals surface area contributed by atoms with E-state index in [2.05, 4.69) is 42.2 Å². The largest absolute Gasteiger partial charge is 0.351 e. The van der Waals surface area contributed by atoms with Gasteiger partial charge < -0.3 is 10.2 Å². The molecule has 1 amide bonds. The van der Waals surface area contributed by atoms with E-state index in [9.17, 15) is 4.79 Å². The summed E-state index contributed by atoms with van der Waals surface area (Å²) in [6.07, 6.45) is 2.77. The van der Waals surface area contributed by atoms with Gasteiger partial charge in [0.25, 0.3) is 0 Å². The lowest BCUT2D eigenvalue weighted by molar-refractivity contribution is -0.116. The third-order valence-corrected chi connectivity index (χ3v) is 1.81. The number of amides is 1. The molecule has 1 N–H and O–H groups in total. The lowest BCUT2D eigenvalue weighted by Crippen LogP contribution is -2.33. The minimum Gasteiger partial charge on any atom is -0.351 e. The molecular weight excluding hydrogens is 200 g/mol. The molecule has 0 spiro atoms. The molecule has 0 bridgehead atoms. The van der Waals surface area contributed by atoms with E-state index in [1.165, 1.54) is 12.5 Å². The second-order valence-electron chi connectivity index (χ2n) is 2.52. The van der Waals surface area contributed by atoms with Gasteiger partial charge >= 0.3 is 0 Å². The van der Waals surface area contributed by atoms with E-state index >= 15 is 0 Å². The molecule has 14 heavy (non-hydrogen) atoms. The summed E-state index contributed by atoms with van der Waals surface area (Å²) >= 11 is 4.64. The Bertz CT molecular complexity index is 147. The fourth-order valence-corrected chi connectivity index (χ4v) is 0.949. The minimum absolute atomic E-state index is 0.0952. The molecule has 0 aliphatic carbocycles. The fraction of sp³-hybridized carbons (Fsp3) is 0.700. The topological polar surface area (TPSA) is 32.3 Å². The second-order valence-corrected chi connectivity index (χ2v) is 2.52. The lowest BCUT2D eigenvalue weighted by atomic mass is 10.4. The highest BCUT2D eigenvalue weighted by Crippen LogP contribution is 1.83. The first-order valence-corrected chi connectivity index (χ1v) is 5.50. The Kier molecular flexibility index (Phi) is 14.2. The van der Waals surface area contributed by atoms with E-state index in [0.717, 1.165) is 19.6 Å². The van der Waals surface area contributed by atoms with Crippen molar-refractivity contribution in [1.29, 1.82) is 0 Å². The Balaban J connectivity index is 0. The van der Waals surface area contributed by atoms with Gasteiger partial charge in [-0.05, 0) is 19.2 Å². The Labute approximate surface area is 92.1 Å². The molecule has 0 atom stereocenters. The number of carbonyl (C=O) groups excluding carboxylic acids is 1. The van der Waals surface area contributed by atoms with Gasteiger partial charge in [-0.3, -0.25) is 4.79 Å². The zero-order valence-corrected chi connectivity index (χ0v) is 10.1. The van der Waals surface area contributed by atoms with Crippen molar-refractivity contribution in [3.05, 3.63) is 12.7 Å². The van der Waals surface area contributed by atoms with Crippen LogP contribution in [0, 0.1) is 0 Å². The van der Waals surface area contributed by atoms with Gasteiger partial charge in [-0.2, -0.15) is 0 Å². The number of alkyl halides is 1. The molecule has 84 valence electrons. The van der Waals surface area contributed by atoms with E-state index in [4.69, 9.17) is 0 Å². The molecule has 0 saturated carbocycles. The van der Waals surface area contributed by atoms with Crippen molar-refractivity contribution in [2.45, 2.75) is 13.8 Å². The lowest BCUT2D eigenvalue weighted by Gasteiger charge is -2.17. The van der Waals surface area contributed by atoms with Crippen LogP contribution in [0.5, 0.6) is 0 Å². The maximum Gasteiger partial charge on any atom is 0.243 e. The van der Waals surface area contributed by atoms with Crippen molar-refractivity contribution in [1.82, 2.24) is 10.2 Å². The maximum absolute atomic E-state index is 10.7. The van der Waals surface area contributed by atoms with Gasteiger partial charge in [-0.25, -0.2) is 0 Å². The van der Waals surface area contributed by atoms with E-state index in [0.29, 0.717) is 6.54 Å². The number of hydrogen-bond acceptors (Lipinski definition) is 2. The number of nitrogens with one attached hydrogen (secondary N) is 1. The first-order chi connectivity index (χ1) is 6.74. The van der Waals surface area contributed by atoms with Crippen molar-refractivity contribution < 1.29 is 4.79 Å². The number of rotatable bonds is 6. The normalized spacial score (nSPS) is 8.93. The zero-order valence-electron chi connectivity index (χ0n) is 9.35. The van der Waals surface area contributed by atoms with E-state index in [1.807, 2.05) is 0 Å². The van der Waals surface area contributed by atoms with Gasteiger partial charge in [0, 0.05) is 19.5 Å². The quantitative estimate of drug-likeness (QED) is 0.544. The third kappa shape index (κ3) is 9.55. The molecule has 0 aliphatic heterocycles. The van der Waals surface area contributed by atoms with Crippen LogP contribution in [0.4, 0.5) is 0 Å². The molecular formula is C10H21ClN2O. The van der Waals surface area contributed by atoms with Crippen LogP contribution in [0.1, 0.15) is 13.8 Å². The summed E-state index contributed by atoms with van der Waals surface area (Å²) in [7, 11) is 0. The van der Waals surface area contributed by atoms with Gasteiger partial charge in [-0.1, -0.05) is 20.4 Å². The van der Waals surface area contributed by atoms with Gasteiger partial charge in [0.05, 0.1) is 0 Å². The van der Waals surface area contributed by atoms with Crippen LogP contribution < -0.4 is 5.32 Å². The summed E-state index contributed by atoms with van der Waals surface area (Å²) in [4.78, 5) is 13.0. The number of carbonyl (C=O) groups is 1. The summed E-state index contributed by atoms with van der Waals surface area (Å²) in [6.45, 7) is 11.3. The predicted molar refractivity (Wildman–Crippen MR) is 62.8 cm³/mol. The molecule has 0 rings (SSSR count). The predicted octanol–water partition coefficient (Wildman–Crippen LogP) is 1.49. The molecule has 0 unspecified atom stereocenters. The highest BCUT2D eigenvalue weighted by Gasteiger charge is 1.98. The standard InChI is InChI=1S/C9H18N2O.CH3Cl/c1-4-9(12)10-7-8-11(5-2)6-3;1-2/h4H,1,5-8H2,2-3H3,(H,10,12);1H3. The molecule has 0 fully saturated rings. The molecule has 0 aromatic heterocycles. The SMILES string of the molecule is C=CC(=O)NCCN(CC)CC.CCl. The van der Waals surface area contributed by atoms with Crippen LogP contribution >= 0.6 is 11.6 Å². The highest BCUT2D eigenvalue weighted by atomic mass is 35.5. The van der Waals surface area contributed by atoms with Crippen LogP contribution in [-0.4, -0.2) is 43.4 Å². The second kappa shape index (κ2) is 12.5. The van der Waals surface area contributed by atoms with Crippen LogP contribution in [0.25, 0.3) is 0 Å². The molecule has 0 aromatic rings. The number of nitrogens with zero attached hydrogens (tertiary/aromatic N) is 1. The van der Waals surface area contributed by atoms with Gasteiger partial charge in [0.2, 0.25) is 5.91 Å². The van der Waals surface area contributed by atoms with Crippen LogP contribution in [0.3, 0.4) is 0 Å². The van der Waals surface area contributed by atoms with Crippen LogP contribution in [0.2, 0.25) is 0 Å². The van der Waals surface area contributed by atoms with Crippen molar-refractivity contribution in [3.8, 4) is 0 Å². The first-order valence-electron chi connectivity index (χ1n) is 4.75. The Morgan fingerprint density at radius 3 is 2.29 bits per heavy atom. The van der Waals surface area contributed by atoms with E-state index in [-0.39, 0.29) is 5.91 Å². The summed E-state index contributed by atoms with van der Waals surface area (Å²) in [6, 6.07) is 0. The average molecular weight is 221 g/mol. The monoisotopic (exact) mass is 220 g/mol. The molecule has 3 nitrogen and oxygen atoms in total. The maximum atomic E-state index is 10.7.